The predicted octanol–water partition coefficient (Wildman–Crippen LogP) is 6.22. The summed E-state index contributed by atoms with van der Waals surface area (Å²) in [7, 11) is 0. The van der Waals surface area contributed by atoms with Crippen LogP contribution in [0, 0.1) is 11.6 Å². The molecule has 0 aromatic heterocycles. The van der Waals surface area contributed by atoms with Crippen molar-refractivity contribution in [3.63, 3.8) is 0 Å². The molecule has 2 heteroatoms. The van der Waals surface area contributed by atoms with Crippen LogP contribution in [0.4, 0.5) is 8.78 Å². The van der Waals surface area contributed by atoms with Gasteiger partial charge < -0.3 is 0 Å². The second kappa shape index (κ2) is 6.02. The third-order valence-corrected chi connectivity index (χ3v) is 5.84. The molecule has 0 amide bonds. The quantitative estimate of drug-likeness (QED) is 0.511. The van der Waals surface area contributed by atoms with Crippen molar-refractivity contribution in [3.8, 4) is 0 Å². The molecule has 3 aromatic rings. The Morgan fingerprint density at radius 3 is 1.93 bits per heavy atom. The topological polar surface area (TPSA) is 0 Å². The average molecular weight is 356 g/mol. The first-order valence-corrected chi connectivity index (χ1v) is 9.17. The van der Waals surface area contributed by atoms with Crippen LogP contribution in [0.5, 0.6) is 0 Å². The SMILES string of the molecule is Fc1ccc(C2(c3ccc(F)cc3)C=CC3=C(Cc4ccccc43)C2)cc1. The summed E-state index contributed by atoms with van der Waals surface area (Å²) in [5, 5.41) is 0. The van der Waals surface area contributed by atoms with Gasteiger partial charge in [-0.25, -0.2) is 8.78 Å². The van der Waals surface area contributed by atoms with Crippen LogP contribution in [0.3, 0.4) is 0 Å². The molecule has 0 saturated heterocycles. The van der Waals surface area contributed by atoms with E-state index in [0.29, 0.717) is 0 Å². The fraction of sp³-hybridized carbons (Fsp3) is 0.120. The van der Waals surface area contributed by atoms with Crippen LogP contribution in [-0.4, -0.2) is 0 Å². The Kier molecular flexibility index (Phi) is 3.61. The van der Waals surface area contributed by atoms with Gasteiger partial charge in [-0.15, -0.1) is 0 Å². The normalized spacial score (nSPS) is 17.0. The minimum absolute atomic E-state index is 0.249. The van der Waals surface area contributed by atoms with Crippen molar-refractivity contribution in [2.24, 2.45) is 0 Å². The Hall–Kier alpha value is -3.00. The van der Waals surface area contributed by atoms with E-state index >= 15 is 0 Å². The van der Waals surface area contributed by atoms with E-state index in [1.54, 1.807) is 0 Å². The highest BCUT2D eigenvalue weighted by molar-refractivity contribution is 5.85. The third-order valence-electron chi connectivity index (χ3n) is 5.84. The van der Waals surface area contributed by atoms with Crippen LogP contribution in [0.1, 0.15) is 28.7 Å². The molecular weight excluding hydrogens is 338 g/mol. The molecule has 0 fully saturated rings. The molecule has 132 valence electrons. The van der Waals surface area contributed by atoms with E-state index in [4.69, 9.17) is 0 Å². The first kappa shape index (κ1) is 16.2. The van der Waals surface area contributed by atoms with Gasteiger partial charge in [-0.3, -0.25) is 0 Å². The van der Waals surface area contributed by atoms with Gasteiger partial charge in [0.2, 0.25) is 0 Å². The molecule has 0 nitrogen and oxygen atoms in total. The first-order valence-electron chi connectivity index (χ1n) is 9.17. The standard InChI is InChI=1S/C25H18F2/c26-21-9-5-19(6-10-21)25(20-7-11-22(27)12-8-20)14-13-24-18(16-25)15-17-3-1-2-4-23(17)24/h1-14H,15-16H2. The molecule has 0 saturated carbocycles. The van der Waals surface area contributed by atoms with Crippen LogP contribution in [0.15, 0.2) is 90.5 Å². The molecule has 2 aliphatic rings. The molecule has 0 N–H and O–H groups in total. The minimum Gasteiger partial charge on any atom is -0.207 e. The van der Waals surface area contributed by atoms with E-state index in [9.17, 15) is 8.78 Å². The molecule has 27 heavy (non-hydrogen) atoms. The molecule has 0 atom stereocenters. The Labute approximate surface area is 157 Å². The van der Waals surface area contributed by atoms with E-state index in [1.807, 2.05) is 24.3 Å². The van der Waals surface area contributed by atoms with Crippen molar-refractivity contribution in [1.82, 2.24) is 0 Å². The summed E-state index contributed by atoms with van der Waals surface area (Å²) >= 11 is 0. The van der Waals surface area contributed by atoms with E-state index in [1.165, 1.54) is 46.5 Å². The van der Waals surface area contributed by atoms with Crippen molar-refractivity contribution in [1.29, 1.82) is 0 Å². The zero-order chi connectivity index (χ0) is 18.4. The third kappa shape index (κ3) is 2.56. The van der Waals surface area contributed by atoms with E-state index in [-0.39, 0.29) is 11.6 Å². The zero-order valence-electron chi connectivity index (χ0n) is 14.8. The number of rotatable bonds is 2. The summed E-state index contributed by atoms with van der Waals surface area (Å²) in [6, 6.07) is 21.9. The number of benzene rings is 3. The molecule has 0 unspecified atom stereocenters. The molecule has 3 aromatic carbocycles. The molecular formula is C25H18F2. The highest BCUT2D eigenvalue weighted by Gasteiger charge is 2.37. The summed E-state index contributed by atoms with van der Waals surface area (Å²) < 4.78 is 27.1. The second-order valence-corrected chi connectivity index (χ2v) is 7.35. The maximum absolute atomic E-state index is 13.6. The number of allylic oxidation sites excluding steroid dienone is 4. The van der Waals surface area contributed by atoms with Gasteiger partial charge in [-0.1, -0.05) is 66.3 Å². The van der Waals surface area contributed by atoms with E-state index in [2.05, 4.69) is 36.4 Å². The van der Waals surface area contributed by atoms with Gasteiger partial charge in [0.15, 0.2) is 0 Å². The highest BCUT2D eigenvalue weighted by atomic mass is 19.1. The van der Waals surface area contributed by atoms with E-state index in [0.717, 1.165) is 24.0 Å². The van der Waals surface area contributed by atoms with Crippen molar-refractivity contribution in [2.75, 3.05) is 0 Å². The number of fused-ring (bicyclic) bond motifs is 2. The number of hydrogen-bond donors (Lipinski definition) is 0. The lowest BCUT2D eigenvalue weighted by atomic mass is 9.67. The van der Waals surface area contributed by atoms with Crippen molar-refractivity contribution < 1.29 is 8.78 Å². The fourth-order valence-corrected chi connectivity index (χ4v) is 4.50. The average Bonchev–Trinajstić information content (AvgIpc) is 3.06. The smallest absolute Gasteiger partial charge is 0.123 e. The Morgan fingerprint density at radius 2 is 1.30 bits per heavy atom. The van der Waals surface area contributed by atoms with Gasteiger partial charge in [0.05, 0.1) is 0 Å². The van der Waals surface area contributed by atoms with Crippen molar-refractivity contribution in [2.45, 2.75) is 18.3 Å². The summed E-state index contributed by atoms with van der Waals surface area (Å²) in [6.07, 6.45) is 6.14. The monoisotopic (exact) mass is 356 g/mol. The second-order valence-electron chi connectivity index (χ2n) is 7.35. The van der Waals surface area contributed by atoms with Crippen LogP contribution >= 0.6 is 0 Å². The molecule has 0 spiro atoms. The predicted molar refractivity (Wildman–Crippen MR) is 104 cm³/mol. The molecule has 0 radical (unpaired) electrons. The molecule has 0 aliphatic heterocycles. The zero-order valence-corrected chi connectivity index (χ0v) is 14.8. The largest absolute Gasteiger partial charge is 0.207 e. The van der Waals surface area contributed by atoms with Crippen LogP contribution < -0.4 is 0 Å². The Morgan fingerprint density at radius 1 is 0.704 bits per heavy atom. The van der Waals surface area contributed by atoms with Gasteiger partial charge in [-0.05, 0) is 64.9 Å². The fourth-order valence-electron chi connectivity index (χ4n) is 4.50. The number of hydrogen-bond acceptors (Lipinski definition) is 0. The molecule has 0 bridgehead atoms. The minimum atomic E-state index is -0.414. The molecule has 0 heterocycles. The van der Waals surface area contributed by atoms with Gasteiger partial charge in [0.1, 0.15) is 11.6 Å². The summed E-state index contributed by atoms with van der Waals surface area (Å²) in [4.78, 5) is 0. The highest BCUT2D eigenvalue weighted by Crippen LogP contribution is 2.48. The summed E-state index contributed by atoms with van der Waals surface area (Å²) in [5.74, 6) is -0.498. The van der Waals surface area contributed by atoms with Crippen LogP contribution in [-0.2, 0) is 11.8 Å². The lowest BCUT2D eigenvalue weighted by Crippen LogP contribution is -2.28. The van der Waals surface area contributed by atoms with E-state index < -0.39 is 5.41 Å². The first-order chi connectivity index (χ1) is 13.2. The van der Waals surface area contributed by atoms with Crippen molar-refractivity contribution in [3.05, 3.63) is 124 Å². The molecule has 5 rings (SSSR count). The molecule has 2 aliphatic carbocycles. The lowest BCUT2D eigenvalue weighted by molar-refractivity contribution is 0.600. The lowest BCUT2D eigenvalue weighted by Gasteiger charge is -2.35. The number of halogens is 2. The van der Waals surface area contributed by atoms with Crippen molar-refractivity contribution >= 4 is 5.57 Å². The van der Waals surface area contributed by atoms with Crippen LogP contribution in [0.2, 0.25) is 0 Å². The summed E-state index contributed by atoms with van der Waals surface area (Å²) in [5.41, 5.74) is 6.96. The van der Waals surface area contributed by atoms with Gasteiger partial charge >= 0.3 is 0 Å². The Balaban J connectivity index is 1.65. The van der Waals surface area contributed by atoms with Gasteiger partial charge in [0, 0.05) is 5.41 Å². The Bertz CT molecular complexity index is 1020. The van der Waals surface area contributed by atoms with Crippen LogP contribution in [0.25, 0.3) is 5.57 Å². The van der Waals surface area contributed by atoms with Gasteiger partial charge in [-0.2, -0.15) is 0 Å². The summed E-state index contributed by atoms with van der Waals surface area (Å²) in [6.45, 7) is 0. The maximum Gasteiger partial charge on any atom is 0.123 e. The maximum atomic E-state index is 13.6. The van der Waals surface area contributed by atoms with Gasteiger partial charge in [0.25, 0.3) is 0 Å².